The fraction of sp³-hybridized carbons (Fsp3) is 0.600. The van der Waals surface area contributed by atoms with E-state index in [0.29, 0.717) is 12.5 Å². The third-order valence-electron chi connectivity index (χ3n) is 4.14. The topological polar surface area (TPSA) is 55.2 Å². The Labute approximate surface area is 122 Å². The highest BCUT2D eigenvalue weighted by atomic mass is 19.1. The number of nitro benzene ring substituents is 1. The number of halogens is 2. The van der Waals surface area contributed by atoms with Gasteiger partial charge in [-0.3, -0.25) is 10.1 Å². The first-order valence-electron chi connectivity index (χ1n) is 7.34. The van der Waals surface area contributed by atoms with Crippen molar-refractivity contribution in [2.24, 2.45) is 11.8 Å². The molecule has 1 aliphatic carbocycles. The van der Waals surface area contributed by atoms with Crippen LogP contribution in [0.25, 0.3) is 0 Å². The summed E-state index contributed by atoms with van der Waals surface area (Å²) in [7, 11) is 0. The largest absolute Gasteiger partial charge is 0.380 e. The normalized spacial score (nSPS) is 22.0. The van der Waals surface area contributed by atoms with E-state index in [9.17, 15) is 18.9 Å². The second-order valence-electron chi connectivity index (χ2n) is 5.89. The fourth-order valence-corrected chi connectivity index (χ4v) is 3.06. The van der Waals surface area contributed by atoms with E-state index in [4.69, 9.17) is 0 Å². The van der Waals surface area contributed by atoms with Gasteiger partial charge in [0.15, 0.2) is 11.6 Å². The number of hydrogen-bond acceptors (Lipinski definition) is 3. The third kappa shape index (κ3) is 4.12. The van der Waals surface area contributed by atoms with Crippen molar-refractivity contribution in [3.05, 3.63) is 33.9 Å². The average Bonchev–Trinajstić information content (AvgIpc) is 2.41. The van der Waals surface area contributed by atoms with Crippen LogP contribution in [-0.2, 0) is 0 Å². The molecule has 0 aliphatic heterocycles. The van der Waals surface area contributed by atoms with E-state index in [2.05, 4.69) is 12.2 Å². The van der Waals surface area contributed by atoms with Crippen molar-refractivity contribution in [3.63, 3.8) is 0 Å². The van der Waals surface area contributed by atoms with Crippen LogP contribution in [0.3, 0.4) is 0 Å². The molecule has 0 bridgehead atoms. The minimum absolute atomic E-state index is 0.274. The van der Waals surface area contributed by atoms with E-state index >= 15 is 0 Å². The molecule has 0 saturated heterocycles. The van der Waals surface area contributed by atoms with Crippen LogP contribution < -0.4 is 5.32 Å². The van der Waals surface area contributed by atoms with Crippen LogP contribution in [0.2, 0.25) is 0 Å². The van der Waals surface area contributed by atoms with Crippen molar-refractivity contribution < 1.29 is 13.7 Å². The van der Waals surface area contributed by atoms with Gasteiger partial charge in [-0.2, -0.15) is 0 Å². The zero-order valence-corrected chi connectivity index (χ0v) is 12.1. The highest BCUT2D eigenvalue weighted by Crippen LogP contribution is 2.31. The Kier molecular flexibility index (Phi) is 5.09. The highest BCUT2D eigenvalue weighted by Gasteiger charge is 2.20. The molecule has 1 N–H and O–H groups in total. The van der Waals surface area contributed by atoms with Crippen LogP contribution in [-0.4, -0.2) is 11.5 Å². The Hall–Kier alpha value is -1.72. The lowest BCUT2D eigenvalue weighted by Crippen LogP contribution is -2.17. The van der Waals surface area contributed by atoms with Gasteiger partial charge in [0.05, 0.1) is 17.1 Å². The lowest BCUT2D eigenvalue weighted by atomic mass is 9.81. The maximum absolute atomic E-state index is 13.7. The number of anilines is 1. The van der Waals surface area contributed by atoms with Crippen molar-refractivity contribution in [1.29, 1.82) is 0 Å². The first-order chi connectivity index (χ1) is 9.97. The van der Waals surface area contributed by atoms with Crippen molar-refractivity contribution in [2.45, 2.75) is 39.0 Å². The van der Waals surface area contributed by atoms with Gasteiger partial charge in [-0.1, -0.05) is 26.2 Å². The van der Waals surface area contributed by atoms with E-state index in [0.717, 1.165) is 37.3 Å². The molecular formula is C15H20F2N2O2. The van der Waals surface area contributed by atoms with Crippen LogP contribution in [0.4, 0.5) is 20.2 Å². The molecule has 2 rings (SSSR count). The van der Waals surface area contributed by atoms with Gasteiger partial charge in [-0.05, 0) is 24.7 Å². The molecule has 1 aromatic rings. The quantitative estimate of drug-likeness (QED) is 0.643. The molecule has 116 valence electrons. The zero-order chi connectivity index (χ0) is 15.4. The number of hydrogen-bond donors (Lipinski definition) is 1. The number of nitrogens with one attached hydrogen (secondary N) is 1. The molecular weight excluding hydrogens is 278 g/mol. The van der Waals surface area contributed by atoms with Gasteiger partial charge in [-0.15, -0.1) is 0 Å². The monoisotopic (exact) mass is 298 g/mol. The van der Waals surface area contributed by atoms with Crippen LogP contribution in [0.5, 0.6) is 0 Å². The van der Waals surface area contributed by atoms with Gasteiger partial charge in [0.2, 0.25) is 0 Å². The maximum atomic E-state index is 13.7. The van der Waals surface area contributed by atoms with E-state index < -0.39 is 22.2 Å². The van der Waals surface area contributed by atoms with Crippen LogP contribution in [0.1, 0.15) is 39.0 Å². The smallest absolute Gasteiger partial charge is 0.275 e. The summed E-state index contributed by atoms with van der Waals surface area (Å²) in [4.78, 5) is 9.71. The van der Waals surface area contributed by atoms with Crippen molar-refractivity contribution in [3.8, 4) is 0 Å². The first-order valence-corrected chi connectivity index (χ1v) is 7.34. The van der Waals surface area contributed by atoms with E-state index in [1.807, 2.05) is 0 Å². The Morgan fingerprint density at radius 3 is 2.57 bits per heavy atom. The van der Waals surface area contributed by atoms with Crippen LogP contribution in [0.15, 0.2) is 12.1 Å². The second-order valence-corrected chi connectivity index (χ2v) is 5.89. The number of non-ortho nitro benzene ring substituents is 1. The van der Waals surface area contributed by atoms with Gasteiger partial charge in [0.1, 0.15) is 5.69 Å². The maximum Gasteiger partial charge on any atom is 0.275 e. The van der Waals surface area contributed by atoms with Crippen LogP contribution in [0, 0.1) is 33.6 Å². The zero-order valence-electron chi connectivity index (χ0n) is 12.1. The molecule has 1 saturated carbocycles. The molecule has 6 heteroatoms. The third-order valence-corrected chi connectivity index (χ3v) is 4.14. The molecule has 0 radical (unpaired) electrons. The molecule has 1 aliphatic rings. The molecule has 2 atom stereocenters. The molecule has 21 heavy (non-hydrogen) atoms. The number of nitro groups is 1. The highest BCUT2D eigenvalue weighted by molar-refractivity contribution is 5.51. The summed E-state index contributed by atoms with van der Waals surface area (Å²) >= 11 is 0. The number of nitrogens with zero attached hydrogens (tertiary/aromatic N) is 1. The SMILES string of the molecule is CC1CCCC(CCNc2c(F)cc([N+](=O)[O-])cc2F)C1. The van der Waals surface area contributed by atoms with Gasteiger partial charge in [0.25, 0.3) is 5.69 Å². The summed E-state index contributed by atoms with van der Waals surface area (Å²) in [6.45, 7) is 2.71. The van der Waals surface area contributed by atoms with E-state index in [1.54, 1.807) is 0 Å². The second kappa shape index (κ2) is 6.83. The average molecular weight is 298 g/mol. The summed E-state index contributed by atoms with van der Waals surface area (Å²) in [6, 6.07) is 1.49. The lowest BCUT2D eigenvalue weighted by molar-refractivity contribution is -0.385. The van der Waals surface area contributed by atoms with E-state index in [1.165, 1.54) is 12.8 Å². The minimum Gasteiger partial charge on any atom is -0.380 e. The summed E-state index contributed by atoms with van der Waals surface area (Å²) in [6.07, 6.45) is 5.66. The Balaban J connectivity index is 1.92. The lowest BCUT2D eigenvalue weighted by Gasteiger charge is -2.26. The Morgan fingerprint density at radius 2 is 2.00 bits per heavy atom. The summed E-state index contributed by atoms with van der Waals surface area (Å²) in [5.41, 5.74) is -0.846. The molecule has 4 nitrogen and oxygen atoms in total. The van der Waals surface area contributed by atoms with Crippen molar-refractivity contribution in [1.82, 2.24) is 0 Å². The standard InChI is InChI=1S/C15H20F2N2O2/c1-10-3-2-4-11(7-10)5-6-18-15-13(16)8-12(19(20)21)9-14(15)17/h8-11,18H,2-7H2,1H3. The minimum atomic E-state index is -0.918. The van der Waals surface area contributed by atoms with Gasteiger partial charge in [-0.25, -0.2) is 8.78 Å². The summed E-state index contributed by atoms with van der Waals surface area (Å²) < 4.78 is 27.4. The molecule has 0 aromatic heterocycles. The predicted molar refractivity (Wildman–Crippen MR) is 77.2 cm³/mol. The van der Waals surface area contributed by atoms with Crippen LogP contribution >= 0.6 is 0 Å². The molecule has 1 aromatic carbocycles. The van der Waals surface area contributed by atoms with Crippen molar-refractivity contribution >= 4 is 11.4 Å². The molecule has 1 fully saturated rings. The Morgan fingerprint density at radius 1 is 1.33 bits per heavy atom. The summed E-state index contributed by atoms with van der Waals surface area (Å²) in [5, 5.41) is 13.3. The molecule has 0 heterocycles. The van der Waals surface area contributed by atoms with Gasteiger partial charge in [0, 0.05) is 6.54 Å². The number of benzene rings is 1. The number of rotatable bonds is 5. The molecule has 0 spiro atoms. The predicted octanol–water partition coefficient (Wildman–Crippen LogP) is 4.50. The van der Waals surface area contributed by atoms with Crippen molar-refractivity contribution in [2.75, 3.05) is 11.9 Å². The molecule has 2 unspecified atom stereocenters. The summed E-state index contributed by atoms with van der Waals surface area (Å²) in [5.74, 6) is -0.528. The Bertz CT molecular complexity index is 499. The molecule has 0 amide bonds. The first kappa shape index (κ1) is 15.7. The van der Waals surface area contributed by atoms with Gasteiger partial charge < -0.3 is 5.32 Å². The fourth-order valence-electron chi connectivity index (χ4n) is 3.06. The van der Waals surface area contributed by atoms with Gasteiger partial charge >= 0.3 is 0 Å². The van der Waals surface area contributed by atoms with E-state index in [-0.39, 0.29) is 5.69 Å².